The minimum absolute atomic E-state index is 0.000192. The molecule has 0 aliphatic heterocycles. The average Bonchev–Trinajstić information content (AvgIpc) is 3.45. The molecule has 10 heteroatoms. The van der Waals surface area contributed by atoms with Crippen molar-refractivity contribution >= 4 is 23.3 Å². The van der Waals surface area contributed by atoms with Gasteiger partial charge in [0.05, 0.1) is 17.4 Å². The summed E-state index contributed by atoms with van der Waals surface area (Å²) in [6.45, 7) is 0. The van der Waals surface area contributed by atoms with Gasteiger partial charge in [-0.25, -0.2) is 0 Å². The smallest absolute Gasteiger partial charge is 0.348 e. The highest BCUT2D eigenvalue weighted by atomic mass is 19.4. The SMILES string of the molecule is O=C(Nc1cnccc1C(=O)C(F)(F)F)c1ccnc(C(=O)NC2CC2)c1. The van der Waals surface area contributed by atoms with Crippen LogP contribution in [-0.4, -0.2) is 39.8 Å². The van der Waals surface area contributed by atoms with Gasteiger partial charge in [-0.3, -0.25) is 24.4 Å². The number of aromatic nitrogens is 2. The summed E-state index contributed by atoms with van der Waals surface area (Å²) in [6, 6.07) is 3.48. The largest absolute Gasteiger partial charge is 0.454 e. The van der Waals surface area contributed by atoms with Gasteiger partial charge in [-0.05, 0) is 31.0 Å². The van der Waals surface area contributed by atoms with E-state index in [1.807, 2.05) is 0 Å². The first-order chi connectivity index (χ1) is 12.8. The maximum atomic E-state index is 12.7. The fourth-order valence-electron chi connectivity index (χ4n) is 2.22. The molecule has 0 bridgehead atoms. The number of alkyl halides is 3. The molecule has 0 atom stereocenters. The number of Topliss-reactive ketones (excluding diaryl/α,β-unsaturated/α-hetero) is 1. The molecule has 0 aromatic carbocycles. The second kappa shape index (κ2) is 7.14. The van der Waals surface area contributed by atoms with Crippen LogP contribution in [0.15, 0.2) is 36.8 Å². The first-order valence-corrected chi connectivity index (χ1v) is 7.89. The topological polar surface area (TPSA) is 101 Å². The fourth-order valence-corrected chi connectivity index (χ4v) is 2.22. The molecular weight excluding hydrogens is 365 g/mol. The summed E-state index contributed by atoms with van der Waals surface area (Å²) in [6.07, 6.45) is -0.140. The van der Waals surface area contributed by atoms with E-state index in [1.165, 1.54) is 18.3 Å². The summed E-state index contributed by atoms with van der Waals surface area (Å²) in [5.74, 6) is -3.34. The highest BCUT2D eigenvalue weighted by molar-refractivity contribution is 6.11. The van der Waals surface area contributed by atoms with Crippen molar-refractivity contribution in [1.29, 1.82) is 0 Å². The summed E-state index contributed by atoms with van der Waals surface area (Å²) in [4.78, 5) is 43.4. The number of halogens is 3. The van der Waals surface area contributed by atoms with Crippen LogP contribution in [0.25, 0.3) is 0 Å². The normalized spacial score (nSPS) is 13.7. The van der Waals surface area contributed by atoms with Crippen molar-refractivity contribution in [1.82, 2.24) is 15.3 Å². The standard InChI is InChI=1S/C17H13F3N4O3/c18-17(19,20)14(25)11-4-5-21-8-13(11)24-15(26)9-3-6-22-12(7-9)16(27)23-10-1-2-10/h3-8,10H,1-2H2,(H,23,27)(H,24,26). The predicted molar refractivity (Wildman–Crippen MR) is 87.3 cm³/mol. The Labute approximate surface area is 151 Å². The van der Waals surface area contributed by atoms with Gasteiger partial charge in [0.1, 0.15) is 5.69 Å². The zero-order chi connectivity index (χ0) is 19.6. The van der Waals surface area contributed by atoms with E-state index >= 15 is 0 Å². The van der Waals surface area contributed by atoms with E-state index in [4.69, 9.17) is 0 Å². The number of ketones is 1. The lowest BCUT2D eigenvalue weighted by Crippen LogP contribution is -2.27. The highest BCUT2D eigenvalue weighted by Crippen LogP contribution is 2.26. The number of carbonyl (C=O) groups is 3. The van der Waals surface area contributed by atoms with Crippen LogP contribution in [0.5, 0.6) is 0 Å². The number of hydrogen-bond donors (Lipinski definition) is 2. The van der Waals surface area contributed by atoms with E-state index in [2.05, 4.69) is 20.6 Å². The average molecular weight is 378 g/mol. The van der Waals surface area contributed by atoms with E-state index < -0.39 is 29.3 Å². The van der Waals surface area contributed by atoms with Gasteiger partial charge in [-0.15, -0.1) is 0 Å². The minimum atomic E-state index is -5.09. The van der Waals surface area contributed by atoms with Crippen molar-refractivity contribution in [3.8, 4) is 0 Å². The van der Waals surface area contributed by atoms with Crippen molar-refractivity contribution in [2.75, 3.05) is 5.32 Å². The first-order valence-electron chi connectivity index (χ1n) is 7.89. The van der Waals surface area contributed by atoms with Gasteiger partial charge >= 0.3 is 6.18 Å². The van der Waals surface area contributed by atoms with Crippen molar-refractivity contribution in [3.05, 3.63) is 53.6 Å². The van der Waals surface area contributed by atoms with Gasteiger partial charge in [-0.2, -0.15) is 13.2 Å². The number of hydrogen-bond acceptors (Lipinski definition) is 5. The van der Waals surface area contributed by atoms with Gasteiger partial charge in [0.15, 0.2) is 0 Å². The summed E-state index contributed by atoms with van der Waals surface area (Å²) in [5.41, 5.74) is -1.11. The fraction of sp³-hybridized carbons (Fsp3) is 0.235. The van der Waals surface area contributed by atoms with Gasteiger partial charge in [0, 0.05) is 24.0 Å². The Bertz CT molecular complexity index is 910. The van der Waals surface area contributed by atoms with E-state index in [0.29, 0.717) is 0 Å². The number of anilines is 1. The van der Waals surface area contributed by atoms with Crippen molar-refractivity contribution in [3.63, 3.8) is 0 Å². The Morgan fingerprint density at radius 2 is 1.81 bits per heavy atom. The van der Waals surface area contributed by atoms with Crippen LogP contribution in [0.2, 0.25) is 0 Å². The second-order valence-electron chi connectivity index (χ2n) is 5.88. The minimum Gasteiger partial charge on any atom is -0.348 e. The number of nitrogens with zero attached hydrogens (tertiary/aromatic N) is 2. The summed E-state index contributed by atoms with van der Waals surface area (Å²) in [5, 5.41) is 4.93. The van der Waals surface area contributed by atoms with Crippen molar-refractivity contribution in [2.24, 2.45) is 0 Å². The first kappa shape index (κ1) is 18.5. The Morgan fingerprint density at radius 3 is 2.48 bits per heavy atom. The van der Waals surface area contributed by atoms with Gasteiger partial charge in [0.25, 0.3) is 17.6 Å². The third-order valence-electron chi connectivity index (χ3n) is 3.74. The summed E-state index contributed by atoms with van der Waals surface area (Å²) < 4.78 is 38.1. The van der Waals surface area contributed by atoms with Gasteiger partial charge < -0.3 is 10.6 Å². The Kier molecular flexibility index (Phi) is 4.89. The number of amides is 2. The molecule has 140 valence electrons. The van der Waals surface area contributed by atoms with Gasteiger partial charge in [0.2, 0.25) is 0 Å². The molecule has 0 unspecified atom stereocenters. The van der Waals surface area contributed by atoms with E-state index in [-0.39, 0.29) is 23.0 Å². The molecule has 2 heterocycles. The molecular formula is C17H13F3N4O3. The number of pyridine rings is 2. The zero-order valence-electron chi connectivity index (χ0n) is 13.7. The molecule has 2 aromatic rings. The van der Waals surface area contributed by atoms with Crippen LogP contribution < -0.4 is 10.6 Å². The maximum absolute atomic E-state index is 12.7. The lowest BCUT2D eigenvalue weighted by Gasteiger charge is -2.11. The molecule has 0 radical (unpaired) electrons. The predicted octanol–water partition coefficient (Wildman–Crippen LogP) is 2.37. The molecule has 3 rings (SSSR count). The number of nitrogens with one attached hydrogen (secondary N) is 2. The molecule has 0 spiro atoms. The van der Waals surface area contributed by atoms with E-state index in [9.17, 15) is 27.6 Å². The monoisotopic (exact) mass is 378 g/mol. The second-order valence-corrected chi connectivity index (χ2v) is 5.88. The molecule has 2 aromatic heterocycles. The molecule has 1 aliphatic carbocycles. The number of carbonyl (C=O) groups excluding carboxylic acids is 3. The zero-order valence-corrected chi connectivity index (χ0v) is 13.7. The molecule has 1 aliphatic rings. The molecule has 2 N–H and O–H groups in total. The van der Waals surface area contributed by atoms with Crippen LogP contribution >= 0.6 is 0 Å². The quantitative estimate of drug-likeness (QED) is 0.778. The summed E-state index contributed by atoms with van der Waals surface area (Å²) >= 11 is 0. The van der Waals surface area contributed by atoms with Crippen LogP contribution in [0.3, 0.4) is 0 Å². The Morgan fingerprint density at radius 1 is 1.07 bits per heavy atom. The van der Waals surface area contributed by atoms with Crippen molar-refractivity contribution in [2.45, 2.75) is 25.1 Å². The summed E-state index contributed by atoms with van der Waals surface area (Å²) in [7, 11) is 0. The molecule has 1 fully saturated rings. The third-order valence-corrected chi connectivity index (χ3v) is 3.74. The Hall–Kier alpha value is -3.30. The van der Waals surface area contributed by atoms with Crippen LogP contribution in [0.4, 0.5) is 18.9 Å². The molecule has 2 amide bonds. The Balaban J connectivity index is 1.80. The van der Waals surface area contributed by atoms with E-state index in [1.54, 1.807) is 0 Å². The highest BCUT2D eigenvalue weighted by Gasteiger charge is 2.40. The lowest BCUT2D eigenvalue weighted by atomic mass is 10.1. The van der Waals surface area contributed by atoms with Crippen LogP contribution in [0.1, 0.15) is 44.0 Å². The van der Waals surface area contributed by atoms with Gasteiger partial charge in [-0.1, -0.05) is 0 Å². The van der Waals surface area contributed by atoms with Crippen LogP contribution in [-0.2, 0) is 0 Å². The maximum Gasteiger partial charge on any atom is 0.454 e. The third kappa shape index (κ3) is 4.46. The molecule has 27 heavy (non-hydrogen) atoms. The molecule has 1 saturated carbocycles. The number of rotatable bonds is 5. The lowest BCUT2D eigenvalue weighted by molar-refractivity contribution is -0.0884. The van der Waals surface area contributed by atoms with Crippen LogP contribution in [0, 0.1) is 0 Å². The molecule has 7 nitrogen and oxygen atoms in total. The van der Waals surface area contributed by atoms with Crippen molar-refractivity contribution < 1.29 is 27.6 Å². The van der Waals surface area contributed by atoms with E-state index in [0.717, 1.165) is 31.3 Å². The molecule has 0 saturated heterocycles.